The molecule has 0 atom stereocenters. The van der Waals surface area contributed by atoms with E-state index >= 15 is 0 Å². The minimum absolute atomic E-state index is 0.0582. The second kappa shape index (κ2) is 9.25. The van der Waals surface area contributed by atoms with Crippen molar-refractivity contribution in [2.75, 3.05) is 5.32 Å². The van der Waals surface area contributed by atoms with Crippen LogP contribution in [0.2, 0.25) is 5.02 Å². The zero-order chi connectivity index (χ0) is 19.2. The van der Waals surface area contributed by atoms with Crippen LogP contribution in [0.1, 0.15) is 4.88 Å². The summed E-state index contributed by atoms with van der Waals surface area (Å²) in [4.78, 5) is 14.3. The maximum atomic E-state index is 12.3. The van der Waals surface area contributed by atoms with Crippen molar-refractivity contribution >= 4 is 68.3 Å². The highest BCUT2D eigenvalue weighted by Crippen LogP contribution is 2.34. The molecule has 1 heterocycles. The maximum Gasteiger partial charge on any atom is 0.266 e. The number of nitriles is 1. The molecule has 3 rings (SSSR count). The van der Waals surface area contributed by atoms with E-state index in [1.54, 1.807) is 30.0 Å². The summed E-state index contributed by atoms with van der Waals surface area (Å²) in [5.74, 6) is -0.430. The molecule has 134 valence electrons. The van der Waals surface area contributed by atoms with Crippen LogP contribution in [0.5, 0.6) is 0 Å². The van der Waals surface area contributed by atoms with Gasteiger partial charge in [-0.3, -0.25) is 4.79 Å². The van der Waals surface area contributed by atoms with Gasteiger partial charge in [0, 0.05) is 25.0 Å². The number of rotatable bonds is 5. The second-order valence-corrected chi connectivity index (χ2v) is 9.18. The fraction of sp³-hybridized carbons (Fsp3) is 0. The van der Waals surface area contributed by atoms with Gasteiger partial charge in [0.2, 0.25) is 0 Å². The molecule has 0 fully saturated rings. The third-order valence-electron chi connectivity index (χ3n) is 3.39. The van der Waals surface area contributed by atoms with Gasteiger partial charge < -0.3 is 5.32 Å². The molecule has 0 unspecified atom stereocenters. The van der Waals surface area contributed by atoms with Gasteiger partial charge in [0.15, 0.2) is 0 Å². The zero-order valence-electron chi connectivity index (χ0n) is 13.8. The zero-order valence-corrected chi connectivity index (χ0v) is 17.8. The van der Waals surface area contributed by atoms with Crippen molar-refractivity contribution in [1.29, 1.82) is 5.26 Å². The smallest absolute Gasteiger partial charge is 0.266 e. The molecule has 27 heavy (non-hydrogen) atoms. The number of hydrogen-bond donors (Lipinski definition) is 1. The number of carbonyl (C=O) groups excluding carboxylic acids is 1. The topological polar surface area (TPSA) is 52.9 Å². The first kappa shape index (κ1) is 19.7. The van der Waals surface area contributed by atoms with E-state index in [4.69, 9.17) is 11.6 Å². The Morgan fingerprint density at radius 3 is 2.48 bits per heavy atom. The van der Waals surface area contributed by atoms with Crippen molar-refractivity contribution in [2.45, 2.75) is 9.10 Å². The molecular weight excluding hydrogens is 464 g/mol. The Balaban J connectivity index is 1.71. The summed E-state index contributed by atoms with van der Waals surface area (Å²) in [5, 5.41) is 12.8. The molecule has 0 aliphatic rings. The van der Waals surface area contributed by atoms with E-state index in [1.165, 1.54) is 11.3 Å². The van der Waals surface area contributed by atoms with Crippen LogP contribution in [-0.2, 0) is 4.79 Å². The Bertz CT molecular complexity index is 1020. The standard InChI is InChI=1S/C20H12BrClN2OS2/c21-14-1-5-16(6-2-14)24-20(25)13(12-23)11-18-9-10-19(27-18)26-17-7-3-15(22)4-8-17/h1-11H,(H,24,25)/b13-11-. The number of nitrogens with one attached hydrogen (secondary N) is 1. The molecule has 7 heteroatoms. The van der Waals surface area contributed by atoms with Crippen molar-refractivity contribution in [3.8, 4) is 6.07 Å². The molecule has 0 aliphatic heterocycles. The Hall–Kier alpha value is -2.04. The maximum absolute atomic E-state index is 12.3. The lowest BCUT2D eigenvalue weighted by molar-refractivity contribution is -0.112. The number of amides is 1. The van der Waals surface area contributed by atoms with Crippen molar-refractivity contribution in [1.82, 2.24) is 0 Å². The van der Waals surface area contributed by atoms with Crippen LogP contribution in [0.25, 0.3) is 6.08 Å². The molecule has 0 aliphatic carbocycles. The van der Waals surface area contributed by atoms with Crippen molar-refractivity contribution in [2.24, 2.45) is 0 Å². The van der Waals surface area contributed by atoms with E-state index < -0.39 is 5.91 Å². The molecule has 1 amide bonds. The monoisotopic (exact) mass is 474 g/mol. The largest absolute Gasteiger partial charge is 0.321 e. The average Bonchev–Trinajstić information content (AvgIpc) is 3.10. The highest BCUT2D eigenvalue weighted by Gasteiger charge is 2.11. The quantitative estimate of drug-likeness (QED) is 0.324. The van der Waals surface area contributed by atoms with Gasteiger partial charge in [0.25, 0.3) is 5.91 Å². The van der Waals surface area contributed by atoms with Gasteiger partial charge in [-0.2, -0.15) is 5.26 Å². The van der Waals surface area contributed by atoms with Crippen LogP contribution in [-0.4, -0.2) is 5.91 Å². The lowest BCUT2D eigenvalue weighted by Gasteiger charge is -2.03. The number of carbonyl (C=O) groups is 1. The van der Waals surface area contributed by atoms with E-state index in [9.17, 15) is 10.1 Å². The van der Waals surface area contributed by atoms with E-state index in [0.29, 0.717) is 10.7 Å². The summed E-state index contributed by atoms with van der Waals surface area (Å²) in [5.41, 5.74) is 0.692. The first-order valence-corrected chi connectivity index (χ1v) is 10.6. The SMILES string of the molecule is N#C/C(=C/c1ccc(Sc2ccc(Cl)cc2)s1)C(=O)Nc1ccc(Br)cc1. The van der Waals surface area contributed by atoms with Crippen LogP contribution in [0.3, 0.4) is 0 Å². The van der Waals surface area contributed by atoms with Crippen LogP contribution < -0.4 is 5.32 Å². The predicted molar refractivity (Wildman–Crippen MR) is 116 cm³/mol. The molecule has 1 aromatic heterocycles. The van der Waals surface area contributed by atoms with Crippen LogP contribution in [0.15, 0.2) is 79.8 Å². The molecule has 0 saturated heterocycles. The third kappa shape index (κ3) is 5.72. The number of halogens is 2. The number of thiophene rings is 1. The van der Waals surface area contributed by atoms with Gasteiger partial charge in [-0.15, -0.1) is 11.3 Å². The van der Waals surface area contributed by atoms with Gasteiger partial charge in [0.05, 0.1) is 4.21 Å². The average molecular weight is 476 g/mol. The molecule has 2 aromatic carbocycles. The summed E-state index contributed by atoms with van der Waals surface area (Å²) in [6.45, 7) is 0. The summed E-state index contributed by atoms with van der Waals surface area (Å²) in [7, 11) is 0. The summed E-state index contributed by atoms with van der Waals surface area (Å²) < 4.78 is 1.98. The van der Waals surface area contributed by atoms with Crippen LogP contribution >= 0.6 is 50.6 Å². The minimum Gasteiger partial charge on any atom is -0.321 e. The Labute approximate surface area is 178 Å². The molecule has 0 radical (unpaired) electrons. The first-order valence-electron chi connectivity index (χ1n) is 7.75. The van der Waals surface area contributed by atoms with Crippen LogP contribution in [0.4, 0.5) is 5.69 Å². The first-order chi connectivity index (χ1) is 13.0. The van der Waals surface area contributed by atoms with E-state index in [2.05, 4.69) is 21.2 Å². The number of hydrogen-bond acceptors (Lipinski definition) is 4. The van der Waals surface area contributed by atoms with Gasteiger partial charge in [-0.05, 0) is 66.7 Å². The molecule has 0 saturated carbocycles. The lowest BCUT2D eigenvalue weighted by Crippen LogP contribution is -2.13. The molecule has 0 bridgehead atoms. The van der Waals surface area contributed by atoms with Gasteiger partial charge in [0.1, 0.15) is 11.6 Å². The lowest BCUT2D eigenvalue weighted by atomic mass is 10.2. The van der Waals surface area contributed by atoms with E-state index in [1.807, 2.05) is 54.6 Å². The minimum atomic E-state index is -0.430. The number of anilines is 1. The Kier molecular flexibility index (Phi) is 6.75. The normalized spacial score (nSPS) is 11.1. The molecule has 3 nitrogen and oxygen atoms in total. The Morgan fingerprint density at radius 2 is 1.81 bits per heavy atom. The fourth-order valence-electron chi connectivity index (χ4n) is 2.11. The van der Waals surface area contributed by atoms with Gasteiger partial charge in [-0.25, -0.2) is 0 Å². The molecular formula is C20H12BrClN2OS2. The fourth-order valence-corrected chi connectivity index (χ4v) is 4.56. The predicted octanol–water partition coefficient (Wildman–Crippen LogP) is 6.86. The highest BCUT2D eigenvalue weighted by atomic mass is 79.9. The molecule has 1 N–H and O–H groups in total. The number of nitrogens with zero attached hydrogens (tertiary/aromatic N) is 1. The molecule has 0 spiro atoms. The van der Waals surface area contributed by atoms with E-state index in [-0.39, 0.29) is 5.57 Å². The second-order valence-electron chi connectivity index (χ2n) is 5.34. The third-order valence-corrected chi connectivity index (χ3v) is 6.34. The Morgan fingerprint density at radius 1 is 1.11 bits per heavy atom. The van der Waals surface area contributed by atoms with Crippen molar-refractivity contribution in [3.63, 3.8) is 0 Å². The highest BCUT2D eigenvalue weighted by molar-refractivity contribution is 9.10. The van der Waals surface area contributed by atoms with Crippen molar-refractivity contribution < 1.29 is 4.79 Å². The van der Waals surface area contributed by atoms with Gasteiger partial charge in [-0.1, -0.05) is 39.3 Å². The van der Waals surface area contributed by atoms with Gasteiger partial charge >= 0.3 is 0 Å². The molecule has 3 aromatic rings. The summed E-state index contributed by atoms with van der Waals surface area (Å²) in [6, 6.07) is 20.6. The number of benzene rings is 2. The van der Waals surface area contributed by atoms with E-state index in [0.717, 1.165) is 18.5 Å². The summed E-state index contributed by atoms with van der Waals surface area (Å²) in [6.07, 6.45) is 1.60. The van der Waals surface area contributed by atoms with Crippen molar-refractivity contribution in [3.05, 3.63) is 80.6 Å². The summed E-state index contributed by atoms with van der Waals surface area (Å²) >= 11 is 12.4. The van der Waals surface area contributed by atoms with Crippen LogP contribution in [0, 0.1) is 11.3 Å².